The third-order valence-electron chi connectivity index (χ3n) is 3.72. The summed E-state index contributed by atoms with van der Waals surface area (Å²) in [6.45, 7) is 4.69. The molecule has 1 amide bonds. The molecule has 1 aliphatic carbocycles. The highest BCUT2D eigenvalue weighted by Crippen LogP contribution is 2.23. The molecule has 0 aromatic rings. The number of hydrogen-bond acceptors (Lipinski definition) is 3. The number of rotatable bonds is 3. The highest BCUT2D eigenvalue weighted by molar-refractivity contribution is 5.85. The zero-order valence-electron chi connectivity index (χ0n) is 11.1. The van der Waals surface area contributed by atoms with E-state index in [1.165, 1.54) is 12.8 Å². The zero-order chi connectivity index (χ0) is 12.1. The largest absolute Gasteiger partial charge is 0.375 e. The van der Waals surface area contributed by atoms with Gasteiger partial charge in [-0.25, -0.2) is 0 Å². The van der Waals surface area contributed by atoms with Crippen molar-refractivity contribution in [3.63, 3.8) is 0 Å². The van der Waals surface area contributed by atoms with Crippen molar-refractivity contribution in [3.8, 4) is 0 Å². The van der Waals surface area contributed by atoms with Crippen LogP contribution in [0.1, 0.15) is 39.0 Å². The molecular formula is C13H25ClN2O2. The maximum absolute atomic E-state index is 11.9. The molecule has 2 fully saturated rings. The number of hydrogen-bond donors (Lipinski definition) is 2. The summed E-state index contributed by atoms with van der Waals surface area (Å²) in [6.07, 6.45) is 5.38. The minimum Gasteiger partial charge on any atom is -0.375 e. The third kappa shape index (κ3) is 5.12. The molecule has 3 atom stereocenters. The van der Waals surface area contributed by atoms with Gasteiger partial charge < -0.3 is 15.4 Å². The lowest BCUT2D eigenvalue weighted by Gasteiger charge is -2.29. The van der Waals surface area contributed by atoms with E-state index >= 15 is 0 Å². The highest BCUT2D eigenvalue weighted by atomic mass is 35.5. The Kier molecular flexibility index (Phi) is 6.97. The van der Waals surface area contributed by atoms with E-state index in [0.29, 0.717) is 12.5 Å². The number of ether oxygens (including phenoxy) is 1. The van der Waals surface area contributed by atoms with Crippen LogP contribution in [0.5, 0.6) is 0 Å². The average molecular weight is 277 g/mol. The first-order valence-electron chi connectivity index (χ1n) is 6.85. The van der Waals surface area contributed by atoms with Gasteiger partial charge in [-0.2, -0.15) is 0 Å². The molecule has 2 rings (SSSR count). The minimum atomic E-state index is 0. The summed E-state index contributed by atoms with van der Waals surface area (Å²) < 4.78 is 5.54. The van der Waals surface area contributed by atoms with Crippen LogP contribution in [0.15, 0.2) is 0 Å². The Balaban J connectivity index is 0.00000162. The molecule has 2 aliphatic rings. The van der Waals surface area contributed by atoms with Crippen molar-refractivity contribution in [2.24, 2.45) is 5.92 Å². The van der Waals surface area contributed by atoms with Crippen LogP contribution in [-0.4, -0.2) is 37.7 Å². The zero-order valence-corrected chi connectivity index (χ0v) is 11.9. The van der Waals surface area contributed by atoms with E-state index in [1.807, 2.05) is 0 Å². The molecule has 1 saturated heterocycles. The molecule has 0 aromatic carbocycles. The fourth-order valence-electron chi connectivity index (χ4n) is 2.81. The Morgan fingerprint density at radius 3 is 2.94 bits per heavy atom. The second-order valence-corrected chi connectivity index (χ2v) is 5.44. The van der Waals surface area contributed by atoms with Crippen molar-refractivity contribution in [2.75, 3.05) is 19.7 Å². The predicted octanol–water partition coefficient (Wildman–Crippen LogP) is 1.48. The molecule has 0 radical (unpaired) electrons. The summed E-state index contributed by atoms with van der Waals surface area (Å²) in [7, 11) is 0. The van der Waals surface area contributed by atoms with Gasteiger partial charge in [-0.1, -0.05) is 19.8 Å². The second kappa shape index (κ2) is 7.97. The average Bonchev–Trinajstić information content (AvgIpc) is 2.30. The lowest BCUT2D eigenvalue weighted by Crippen LogP contribution is -2.44. The maximum Gasteiger partial charge on any atom is 0.222 e. The molecule has 0 bridgehead atoms. The summed E-state index contributed by atoms with van der Waals surface area (Å²) in [5.74, 6) is 0.902. The van der Waals surface area contributed by atoms with E-state index in [9.17, 15) is 4.79 Å². The van der Waals surface area contributed by atoms with Gasteiger partial charge in [-0.3, -0.25) is 4.79 Å². The maximum atomic E-state index is 11.9. The fraction of sp³-hybridized carbons (Fsp3) is 0.923. The first-order valence-corrected chi connectivity index (χ1v) is 6.85. The first kappa shape index (κ1) is 15.7. The van der Waals surface area contributed by atoms with Gasteiger partial charge in [0.25, 0.3) is 0 Å². The number of halogens is 1. The van der Waals surface area contributed by atoms with Crippen molar-refractivity contribution in [1.29, 1.82) is 0 Å². The minimum absolute atomic E-state index is 0. The molecule has 4 nitrogen and oxygen atoms in total. The van der Waals surface area contributed by atoms with Crippen LogP contribution in [0.4, 0.5) is 0 Å². The van der Waals surface area contributed by atoms with E-state index in [-0.39, 0.29) is 24.4 Å². The number of carbonyl (C=O) groups is 1. The van der Waals surface area contributed by atoms with E-state index in [1.54, 1.807) is 0 Å². The lowest BCUT2D eigenvalue weighted by molar-refractivity contribution is -0.125. The van der Waals surface area contributed by atoms with Crippen LogP contribution in [0.25, 0.3) is 0 Å². The molecule has 106 valence electrons. The van der Waals surface area contributed by atoms with E-state index in [0.717, 1.165) is 38.5 Å². The summed E-state index contributed by atoms with van der Waals surface area (Å²) in [5.41, 5.74) is 0. The Labute approximate surface area is 116 Å². The molecule has 0 spiro atoms. The number of nitrogens with one attached hydrogen (secondary N) is 2. The second-order valence-electron chi connectivity index (χ2n) is 5.44. The molecule has 1 heterocycles. The van der Waals surface area contributed by atoms with Gasteiger partial charge in [0.05, 0.1) is 19.1 Å². The summed E-state index contributed by atoms with van der Waals surface area (Å²) in [4.78, 5) is 11.9. The predicted molar refractivity (Wildman–Crippen MR) is 74.0 cm³/mol. The highest BCUT2D eigenvalue weighted by Gasteiger charge is 2.22. The lowest BCUT2D eigenvalue weighted by atomic mass is 9.87. The molecular weight excluding hydrogens is 252 g/mol. The summed E-state index contributed by atoms with van der Waals surface area (Å²) >= 11 is 0. The van der Waals surface area contributed by atoms with Crippen molar-refractivity contribution in [1.82, 2.24) is 10.6 Å². The fourth-order valence-corrected chi connectivity index (χ4v) is 2.81. The normalized spacial score (nSPS) is 32.4. The van der Waals surface area contributed by atoms with Gasteiger partial charge >= 0.3 is 0 Å². The molecule has 0 aromatic heterocycles. The van der Waals surface area contributed by atoms with Crippen LogP contribution in [0.3, 0.4) is 0 Å². The number of carbonyl (C=O) groups excluding carboxylic acids is 1. The van der Waals surface area contributed by atoms with Gasteiger partial charge in [-0.05, 0) is 18.8 Å². The molecule has 1 aliphatic heterocycles. The van der Waals surface area contributed by atoms with Crippen LogP contribution >= 0.6 is 12.4 Å². The van der Waals surface area contributed by atoms with Gasteiger partial charge in [0.2, 0.25) is 5.91 Å². The third-order valence-corrected chi connectivity index (χ3v) is 3.72. The summed E-state index contributed by atoms with van der Waals surface area (Å²) in [6, 6.07) is 0.391. The van der Waals surface area contributed by atoms with E-state index in [2.05, 4.69) is 17.6 Å². The smallest absolute Gasteiger partial charge is 0.222 e. The van der Waals surface area contributed by atoms with Gasteiger partial charge in [0, 0.05) is 19.1 Å². The van der Waals surface area contributed by atoms with Crippen LogP contribution in [0.2, 0.25) is 0 Å². The molecule has 1 saturated carbocycles. The van der Waals surface area contributed by atoms with Crippen LogP contribution < -0.4 is 10.6 Å². The van der Waals surface area contributed by atoms with Crippen LogP contribution in [0, 0.1) is 5.92 Å². The monoisotopic (exact) mass is 276 g/mol. The Morgan fingerprint density at radius 2 is 2.28 bits per heavy atom. The van der Waals surface area contributed by atoms with Crippen LogP contribution in [-0.2, 0) is 9.53 Å². The van der Waals surface area contributed by atoms with E-state index in [4.69, 9.17) is 4.74 Å². The molecule has 2 N–H and O–H groups in total. The Bertz CT molecular complexity index is 257. The Hall–Kier alpha value is -0.320. The molecule has 5 heteroatoms. The van der Waals surface area contributed by atoms with E-state index < -0.39 is 0 Å². The van der Waals surface area contributed by atoms with Gasteiger partial charge in [-0.15, -0.1) is 12.4 Å². The quantitative estimate of drug-likeness (QED) is 0.821. The first-order chi connectivity index (χ1) is 8.24. The SMILES string of the molecule is CC1CCCC(NC(=O)CC2CNCCO2)C1.Cl. The van der Waals surface area contributed by atoms with Crippen molar-refractivity contribution < 1.29 is 9.53 Å². The Morgan fingerprint density at radius 1 is 1.44 bits per heavy atom. The standard InChI is InChI=1S/C13H24N2O2.ClH/c1-10-3-2-4-11(7-10)15-13(16)8-12-9-14-5-6-17-12;/h10-12,14H,2-9H2,1H3,(H,15,16);1H. The van der Waals surface area contributed by atoms with Gasteiger partial charge in [0.15, 0.2) is 0 Å². The van der Waals surface area contributed by atoms with Crippen molar-refractivity contribution >= 4 is 18.3 Å². The van der Waals surface area contributed by atoms with Gasteiger partial charge in [0.1, 0.15) is 0 Å². The molecule has 3 unspecified atom stereocenters. The topological polar surface area (TPSA) is 50.4 Å². The summed E-state index contributed by atoms with van der Waals surface area (Å²) in [5, 5.41) is 6.40. The van der Waals surface area contributed by atoms with Crippen molar-refractivity contribution in [2.45, 2.75) is 51.2 Å². The van der Waals surface area contributed by atoms with Crippen molar-refractivity contribution in [3.05, 3.63) is 0 Å². The number of morpholine rings is 1. The number of amides is 1. The molecule has 18 heavy (non-hydrogen) atoms.